The van der Waals surface area contributed by atoms with Gasteiger partial charge >= 0.3 is 12.1 Å². The maximum atomic E-state index is 12.7. The summed E-state index contributed by atoms with van der Waals surface area (Å²) in [5.74, 6) is -0.515. The number of hydrogen-bond acceptors (Lipinski definition) is 7. The van der Waals surface area contributed by atoms with Crippen molar-refractivity contribution >= 4 is 29.9 Å². The van der Waals surface area contributed by atoms with Crippen molar-refractivity contribution in [3.8, 4) is 5.75 Å². The number of allylic oxidation sites excluding steroid dienone is 4. The number of esters is 1. The van der Waals surface area contributed by atoms with E-state index in [-0.39, 0.29) is 48.3 Å². The molecule has 2 unspecified atom stereocenters. The summed E-state index contributed by atoms with van der Waals surface area (Å²) >= 11 is 0. The molecular formula is C36H37ClF3NO6. The Labute approximate surface area is 278 Å². The molecule has 1 aliphatic carbocycles. The van der Waals surface area contributed by atoms with Crippen LogP contribution in [0, 0.1) is 0 Å². The molecule has 0 aliphatic heterocycles. The summed E-state index contributed by atoms with van der Waals surface area (Å²) < 4.78 is 53.2. The van der Waals surface area contributed by atoms with Gasteiger partial charge in [-0.1, -0.05) is 54.6 Å². The number of alkyl halides is 3. The molecule has 4 rings (SSSR count). The highest BCUT2D eigenvalue weighted by molar-refractivity contribution is 6.19. The molecule has 0 heterocycles. The summed E-state index contributed by atoms with van der Waals surface area (Å²) in [4.78, 5) is 35.8. The predicted octanol–water partition coefficient (Wildman–Crippen LogP) is 7.08. The molecule has 2 atom stereocenters. The van der Waals surface area contributed by atoms with Crippen molar-refractivity contribution in [2.75, 3.05) is 27.4 Å². The lowest BCUT2D eigenvalue weighted by molar-refractivity contribution is -0.137. The normalized spacial score (nSPS) is 13.8. The van der Waals surface area contributed by atoms with Gasteiger partial charge in [-0.2, -0.15) is 13.2 Å². The number of carbonyl (C=O) groups excluding carboxylic acids is 3. The summed E-state index contributed by atoms with van der Waals surface area (Å²) in [6.45, 7) is 6.26. The van der Waals surface area contributed by atoms with E-state index in [2.05, 4.69) is 11.9 Å². The van der Waals surface area contributed by atoms with E-state index in [1.807, 2.05) is 25.1 Å². The van der Waals surface area contributed by atoms with Gasteiger partial charge in [0.05, 0.1) is 25.3 Å². The molecule has 3 aromatic carbocycles. The Kier molecular flexibility index (Phi) is 15.1. The Morgan fingerprint density at radius 2 is 1.60 bits per heavy atom. The Hall–Kier alpha value is -4.67. The van der Waals surface area contributed by atoms with Crippen LogP contribution in [0.4, 0.5) is 13.2 Å². The number of methoxy groups -OCH3 is 2. The molecule has 7 nitrogen and oxygen atoms in total. The first-order valence-electron chi connectivity index (χ1n) is 14.4. The molecule has 250 valence electrons. The highest BCUT2D eigenvalue weighted by Gasteiger charge is 2.30. The third-order valence-electron chi connectivity index (χ3n) is 6.98. The van der Waals surface area contributed by atoms with Crippen molar-refractivity contribution in [2.24, 2.45) is 0 Å². The fourth-order valence-electron chi connectivity index (χ4n) is 4.62. The number of nitrogens with one attached hydrogen (secondary N) is 1. The van der Waals surface area contributed by atoms with E-state index >= 15 is 0 Å². The van der Waals surface area contributed by atoms with Gasteiger partial charge in [-0.15, -0.1) is 19.0 Å². The molecule has 0 spiro atoms. The largest absolute Gasteiger partial charge is 0.497 e. The predicted molar refractivity (Wildman–Crippen MR) is 176 cm³/mol. The van der Waals surface area contributed by atoms with Gasteiger partial charge in [-0.3, -0.25) is 9.59 Å². The quantitative estimate of drug-likeness (QED) is 0.0953. The number of ether oxygens (including phenoxy) is 3. The summed E-state index contributed by atoms with van der Waals surface area (Å²) in [5, 5.41) is 3.14. The van der Waals surface area contributed by atoms with Gasteiger partial charge in [0.2, 0.25) is 5.78 Å². The van der Waals surface area contributed by atoms with Gasteiger partial charge in [0.1, 0.15) is 12.4 Å². The number of hydrogen-bond donors (Lipinski definition) is 1. The lowest BCUT2D eigenvalue weighted by Crippen LogP contribution is -2.31. The first kappa shape index (κ1) is 38.5. The molecule has 11 heteroatoms. The smallest absolute Gasteiger partial charge is 0.416 e. The second-order valence-electron chi connectivity index (χ2n) is 10.3. The molecule has 3 aromatic rings. The number of ketones is 2. The second kappa shape index (κ2) is 18.5. The van der Waals surface area contributed by atoms with E-state index in [9.17, 15) is 27.6 Å². The summed E-state index contributed by atoms with van der Waals surface area (Å²) in [6, 6.07) is 21.2. The first-order chi connectivity index (χ1) is 22.0. The molecule has 0 amide bonds. The van der Waals surface area contributed by atoms with Crippen LogP contribution in [0.15, 0.2) is 115 Å². The zero-order valence-electron chi connectivity index (χ0n) is 26.2. The van der Waals surface area contributed by atoms with Crippen LogP contribution in [0.1, 0.15) is 39.9 Å². The van der Waals surface area contributed by atoms with Gasteiger partial charge < -0.3 is 19.5 Å². The maximum absolute atomic E-state index is 12.7. The monoisotopic (exact) mass is 671 g/mol. The minimum atomic E-state index is -4.34. The molecule has 0 saturated heterocycles. The van der Waals surface area contributed by atoms with Crippen molar-refractivity contribution in [1.29, 1.82) is 0 Å². The minimum absolute atomic E-state index is 0. The zero-order valence-corrected chi connectivity index (χ0v) is 27.0. The van der Waals surface area contributed by atoms with Crippen molar-refractivity contribution in [2.45, 2.75) is 31.5 Å². The van der Waals surface area contributed by atoms with E-state index in [4.69, 9.17) is 14.2 Å². The summed E-state index contributed by atoms with van der Waals surface area (Å²) in [5.41, 5.74) is 1.71. The van der Waals surface area contributed by atoms with E-state index in [0.717, 1.165) is 23.4 Å². The topological polar surface area (TPSA) is 90.9 Å². The van der Waals surface area contributed by atoms with Gasteiger partial charge in [-0.05, 0) is 60.9 Å². The van der Waals surface area contributed by atoms with E-state index in [1.165, 1.54) is 25.3 Å². The summed E-state index contributed by atoms with van der Waals surface area (Å²) in [7, 11) is 2.95. The molecule has 0 aromatic heterocycles. The molecule has 1 aliphatic rings. The van der Waals surface area contributed by atoms with Crippen LogP contribution in [0.5, 0.6) is 5.75 Å². The van der Waals surface area contributed by atoms with Crippen molar-refractivity contribution in [3.63, 3.8) is 0 Å². The number of rotatable bonds is 12. The molecular weight excluding hydrogens is 635 g/mol. The fourth-order valence-corrected chi connectivity index (χ4v) is 4.62. The number of benzene rings is 3. The molecule has 0 radical (unpaired) electrons. The van der Waals surface area contributed by atoms with Crippen LogP contribution in [0.3, 0.4) is 0 Å². The van der Waals surface area contributed by atoms with E-state index in [1.54, 1.807) is 55.7 Å². The number of carbonyl (C=O) groups is 3. The average Bonchev–Trinajstić information content (AvgIpc) is 3.05. The maximum Gasteiger partial charge on any atom is 0.416 e. The molecule has 47 heavy (non-hydrogen) atoms. The van der Waals surface area contributed by atoms with Crippen molar-refractivity contribution < 1.29 is 41.8 Å². The lowest BCUT2D eigenvalue weighted by Gasteiger charge is -2.18. The van der Waals surface area contributed by atoms with Crippen LogP contribution < -0.4 is 10.1 Å². The summed E-state index contributed by atoms with van der Waals surface area (Å²) in [6.07, 6.45) is 0.300. The van der Waals surface area contributed by atoms with Crippen LogP contribution in [-0.2, 0) is 31.7 Å². The third kappa shape index (κ3) is 11.6. The number of halogens is 4. The van der Waals surface area contributed by atoms with Crippen LogP contribution in [0.25, 0.3) is 0 Å². The fraction of sp³-hybridized carbons (Fsp3) is 0.250. The SMILES string of the molecule is C=CC(C1=CC(=O)C(OC)=CC1=O)c1ccc(OC)cc1.CC(Cc1cccc(C(F)(F)F)c1)NCCOC(=O)c1ccccc1.Cl. The Morgan fingerprint density at radius 3 is 2.19 bits per heavy atom. The zero-order chi connectivity index (χ0) is 33.7. The molecule has 1 N–H and O–H groups in total. The van der Waals surface area contributed by atoms with Gasteiger partial charge in [0.25, 0.3) is 0 Å². The van der Waals surface area contributed by atoms with E-state index in [0.29, 0.717) is 29.7 Å². The third-order valence-corrected chi connectivity index (χ3v) is 6.98. The first-order valence-corrected chi connectivity index (χ1v) is 14.4. The van der Waals surface area contributed by atoms with Crippen molar-refractivity contribution in [1.82, 2.24) is 5.32 Å². The van der Waals surface area contributed by atoms with Crippen LogP contribution >= 0.6 is 12.4 Å². The highest BCUT2D eigenvalue weighted by Crippen LogP contribution is 2.31. The average molecular weight is 672 g/mol. The molecule has 0 fully saturated rings. The molecule has 0 saturated carbocycles. The van der Waals surface area contributed by atoms with Gasteiger partial charge in [0, 0.05) is 30.2 Å². The van der Waals surface area contributed by atoms with E-state index < -0.39 is 17.7 Å². The Balaban J connectivity index is 0.000000324. The highest BCUT2D eigenvalue weighted by atomic mass is 35.5. The van der Waals surface area contributed by atoms with Gasteiger partial charge in [0.15, 0.2) is 11.5 Å². The Bertz CT molecular complexity index is 1570. The standard InChI is InChI=1S/C19H20F3NO2.C17H16O4.ClH/c1-14(12-15-6-5-9-17(13-15)19(20,21)22)23-10-11-25-18(24)16-7-3-2-4-8-16;1-4-13(11-5-7-12(20-2)8-6-11)14-9-16(19)17(21-3)10-15(14)18;/h2-9,13-14,23H,10-12H2,1H3;4-10,13H,1H2,2-3H3;1H. The minimum Gasteiger partial charge on any atom is -0.497 e. The molecule has 0 bridgehead atoms. The lowest BCUT2D eigenvalue weighted by atomic mass is 9.85. The Morgan fingerprint density at radius 1 is 0.915 bits per heavy atom. The van der Waals surface area contributed by atoms with Crippen molar-refractivity contribution in [3.05, 3.63) is 137 Å². The van der Waals surface area contributed by atoms with Gasteiger partial charge in [-0.25, -0.2) is 4.79 Å². The second-order valence-corrected chi connectivity index (χ2v) is 10.3. The van der Waals surface area contributed by atoms with Crippen LogP contribution in [-0.4, -0.2) is 50.9 Å². The van der Waals surface area contributed by atoms with Crippen LogP contribution in [0.2, 0.25) is 0 Å².